The highest BCUT2D eigenvalue weighted by Gasteiger charge is 2.32. The Morgan fingerprint density at radius 2 is 1.65 bits per heavy atom. The van der Waals surface area contributed by atoms with Crippen LogP contribution in [0.4, 0.5) is 39.8 Å². The zero-order valence-electron chi connectivity index (χ0n) is 27.3. The molecule has 49 heavy (non-hydrogen) atoms. The maximum Gasteiger partial charge on any atom is 0.416 e. The van der Waals surface area contributed by atoms with Gasteiger partial charge >= 0.3 is 18.2 Å². The number of anilines is 3. The predicted octanol–water partition coefficient (Wildman–Crippen LogP) is 6.82. The first-order chi connectivity index (χ1) is 23.3. The van der Waals surface area contributed by atoms with E-state index in [-0.39, 0.29) is 49.7 Å². The first-order valence-corrected chi connectivity index (χ1v) is 15.8. The lowest BCUT2D eigenvalue weighted by atomic mass is 10.0. The quantitative estimate of drug-likeness (QED) is 0.171. The van der Waals surface area contributed by atoms with Crippen LogP contribution in [0.15, 0.2) is 84.9 Å². The number of benzene rings is 4. The largest absolute Gasteiger partial charge is 0.488 e. The summed E-state index contributed by atoms with van der Waals surface area (Å²) in [6.07, 6.45) is -5.16. The second-order valence-corrected chi connectivity index (χ2v) is 12.2. The lowest BCUT2D eigenvalue weighted by Gasteiger charge is -2.34. The Morgan fingerprint density at radius 1 is 0.980 bits per heavy atom. The molecule has 5 amide bonds. The highest BCUT2D eigenvalue weighted by Crippen LogP contribution is 2.31. The monoisotopic (exact) mass is 677 g/mol. The van der Waals surface area contributed by atoms with Gasteiger partial charge in [-0.3, -0.25) is 4.79 Å². The molecule has 1 heterocycles. The van der Waals surface area contributed by atoms with Crippen molar-refractivity contribution in [2.45, 2.75) is 38.6 Å². The molecule has 13 heteroatoms. The molecule has 0 bridgehead atoms. The van der Waals surface area contributed by atoms with Crippen LogP contribution in [0.1, 0.15) is 25.0 Å². The number of rotatable bonds is 7. The Kier molecular flexibility index (Phi) is 10.6. The number of ether oxygens (including phenoxy) is 1. The van der Waals surface area contributed by atoms with E-state index in [0.717, 1.165) is 35.0 Å². The lowest BCUT2D eigenvalue weighted by Crippen LogP contribution is -2.48. The van der Waals surface area contributed by atoms with Crippen LogP contribution < -0.4 is 20.7 Å². The second kappa shape index (κ2) is 14.9. The average molecular weight is 678 g/mol. The van der Waals surface area contributed by atoms with Crippen LogP contribution in [-0.4, -0.2) is 71.8 Å². The summed E-state index contributed by atoms with van der Waals surface area (Å²) >= 11 is 0. The van der Waals surface area contributed by atoms with E-state index >= 15 is 0 Å². The third-order valence-electron chi connectivity index (χ3n) is 8.48. The standard InChI is InChI=1S/C36H38F3N5O5/c1-22-19-44(23(2)21-45)33(46)18-25-17-28(41-34(47)40-27-13-11-26(12-14-27)36(37,38)39)15-16-31(25)49-32(22)20-43(3)35(48)42-30-10-6-8-24-7-4-5-9-29(24)30/h4-17,22-23,32,45H,18-21H2,1-3H3,(H,42,48)(H2,40,41,47)/t22-,23+,32+/m1/s1. The minimum atomic E-state index is -4.50. The molecule has 0 unspecified atom stereocenters. The van der Waals surface area contributed by atoms with E-state index in [1.165, 1.54) is 4.90 Å². The van der Waals surface area contributed by atoms with Gasteiger partial charge < -0.3 is 35.6 Å². The molecule has 0 aliphatic carbocycles. The summed E-state index contributed by atoms with van der Waals surface area (Å²) < 4.78 is 45.2. The molecule has 3 atom stereocenters. The van der Waals surface area contributed by atoms with Gasteiger partial charge in [-0.1, -0.05) is 43.3 Å². The smallest absolute Gasteiger partial charge is 0.416 e. The number of nitrogens with zero attached hydrogens (tertiary/aromatic N) is 2. The number of likely N-dealkylation sites (N-methyl/N-ethyl adjacent to an activating group) is 1. The normalized spacial score (nSPS) is 17.1. The van der Waals surface area contributed by atoms with Crippen LogP contribution in [0.25, 0.3) is 10.8 Å². The number of amides is 5. The Bertz CT molecular complexity index is 1810. The van der Waals surface area contributed by atoms with Gasteiger partial charge in [0, 0.05) is 41.8 Å². The zero-order chi connectivity index (χ0) is 35.3. The Hall–Kier alpha value is -5.30. The van der Waals surface area contributed by atoms with Gasteiger partial charge in [0.1, 0.15) is 11.9 Å². The fourth-order valence-corrected chi connectivity index (χ4v) is 5.66. The number of alkyl halides is 3. The molecule has 0 aromatic heterocycles. The summed E-state index contributed by atoms with van der Waals surface area (Å²) in [6.45, 7) is 3.83. The number of hydrogen-bond acceptors (Lipinski definition) is 5. The second-order valence-electron chi connectivity index (χ2n) is 12.2. The molecule has 0 saturated heterocycles. The van der Waals surface area contributed by atoms with Gasteiger partial charge in [0.15, 0.2) is 0 Å². The molecule has 10 nitrogen and oxygen atoms in total. The van der Waals surface area contributed by atoms with Crippen molar-refractivity contribution in [3.05, 3.63) is 96.1 Å². The van der Waals surface area contributed by atoms with Gasteiger partial charge in [-0.25, -0.2) is 9.59 Å². The minimum absolute atomic E-state index is 0.0907. The summed E-state index contributed by atoms with van der Waals surface area (Å²) in [5, 5.41) is 20.0. The molecular weight excluding hydrogens is 639 g/mol. The SMILES string of the molecule is C[C@@H]1CN([C@@H](C)CO)C(=O)Cc2cc(NC(=O)Nc3ccc(C(F)(F)F)cc3)ccc2O[C@H]1CN(C)C(=O)Nc1cccc2ccccc12. The van der Waals surface area contributed by atoms with Crippen molar-refractivity contribution in [3.8, 4) is 5.75 Å². The predicted molar refractivity (Wildman–Crippen MR) is 182 cm³/mol. The van der Waals surface area contributed by atoms with E-state index in [0.29, 0.717) is 22.7 Å². The number of aliphatic hydroxyl groups is 1. The van der Waals surface area contributed by atoms with Gasteiger partial charge in [-0.05, 0) is 60.8 Å². The van der Waals surface area contributed by atoms with Crippen LogP contribution in [0, 0.1) is 5.92 Å². The van der Waals surface area contributed by atoms with Crippen molar-refractivity contribution < 1.29 is 37.4 Å². The maximum absolute atomic E-state index is 13.6. The van der Waals surface area contributed by atoms with Crippen LogP contribution in [0.5, 0.6) is 5.75 Å². The fraction of sp³-hybridized carbons (Fsp3) is 0.306. The number of hydrogen-bond donors (Lipinski definition) is 4. The van der Waals surface area contributed by atoms with Gasteiger partial charge in [0.25, 0.3) is 0 Å². The van der Waals surface area contributed by atoms with E-state index in [1.54, 1.807) is 37.1 Å². The van der Waals surface area contributed by atoms with E-state index in [1.807, 2.05) is 49.4 Å². The average Bonchev–Trinajstić information content (AvgIpc) is 3.11. The number of fused-ring (bicyclic) bond motifs is 2. The summed E-state index contributed by atoms with van der Waals surface area (Å²) in [5.74, 6) is -0.128. The molecule has 4 aromatic rings. The maximum atomic E-state index is 13.6. The van der Waals surface area contributed by atoms with Crippen LogP contribution in [-0.2, 0) is 17.4 Å². The van der Waals surface area contributed by atoms with Gasteiger partial charge in [0.2, 0.25) is 5.91 Å². The van der Waals surface area contributed by atoms with E-state index in [9.17, 15) is 32.7 Å². The zero-order valence-corrected chi connectivity index (χ0v) is 27.3. The van der Waals surface area contributed by atoms with Gasteiger partial charge in [-0.2, -0.15) is 13.2 Å². The molecule has 1 aliphatic heterocycles. The highest BCUT2D eigenvalue weighted by molar-refractivity contribution is 6.01. The highest BCUT2D eigenvalue weighted by atomic mass is 19.4. The van der Waals surface area contributed by atoms with Crippen molar-refractivity contribution in [2.24, 2.45) is 5.92 Å². The Balaban J connectivity index is 1.34. The molecule has 258 valence electrons. The number of halogens is 3. The van der Waals surface area contributed by atoms with Crippen molar-refractivity contribution in [1.29, 1.82) is 0 Å². The van der Waals surface area contributed by atoms with E-state index < -0.39 is 29.9 Å². The molecule has 0 radical (unpaired) electrons. The number of nitrogens with one attached hydrogen (secondary N) is 3. The van der Waals surface area contributed by atoms with Gasteiger partial charge in [-0.15, -0.1) is 0 Å². The van der Waals surface area contributed by atoms with Gasteiger partial charge in [0.05, 0.1) is 36.9 Å². The van der Waals surface area contributed by atoms with Crippen LogP contribution in [0.3, 0.4) is 0 Å². The molecule has 1 aliphatic rings. The molecule has 5 rings (SSSR count). The Labute approximate surface area is 281 Å². The topological polar surface area (TPSA) is 123 Å². The number of aliphatic hydroxyl groups excluding tert-OH is 1. The number of carbonyl (C=O) groups is 3. The molecule has 4 aromatic carbocycles. The third kappa shape index (κ3) is 8.60. The molecule has 0 fully saturated rings. The molecule has 0 saturated carbocycles. The summed E-state index contributed by atoms with van der Waals surface area (Å²) in [6, 6.07) is 20.7. The number of urea groups is 2. The third-order valence-corrected chi connectivity index (χ3v) is 8.48. The Morgan fingerprint density at radius 3 is 2.37 bits per heavy atom. The van der Waals surface area contributed by atoms with Crippen molar-refractivity contribution in [2.75, 3.05) is 42.7 Å². The first kappa shape index (κ1) is 35.0. The van der Waals surface area contributed by atoms with Crippen molar-refractivity contribution in [3.63, 3.8) is 0 Å². The van der Waals surface area contributed by atoms with E-state index in [2.05, 4.69) is 16.0 Å². The summed E-state index contributed by atoms with van der Waals surface area (Å²) in [5.41, 5.74) is 0.770. The molecular formula is C36H38F3N5O5. The first-order valence-electron chi connectivity index (χ1n) is 15.8. The van der Waals surface area contributed by atoms with Crippen molar-refractivity contribution in [1.82, 2.24) is 9.80 Å². The molecule has 4 N–H and O–H groups in total. The van der Waals surface area contributed by atoms with Crippen LogP contribution >= 0.6 is 0 Å². The van der Waals surface area contributed by atoms with E-state index in [4.69, 9.17) is 4.74 Å². The van der Waals surface area contributed by atoms with Crippen LogP contribution in [0.2, 0.25) is 0 Å². The van der Waals surface area contributed by atoms with Crippen molar-refractivity contribution >= 4 is 45.8 Å². The lowest BCUT2D eigenvalue weighted by molar-refractivity contribution is -0.137. The summed E-state index contributed by atoms with van der Waals surface area (Å²) in [4.78, 5) is 42.8. The fourth-order valence-electron chi connectivity index (χ4n) is 5.66. The number of carbonyl (C=O) groups excluding carboxylic acids is 3. The minimum Gasteiger partial charge on any atom is -0.488 e. The summed E-state index contributed by atoms with van der Waals surface area (Å²) in [7, 11) is 1.66. The molecule has 0 spiro atoms.